The van der Waals surface area contributed by atoms with Crippen LogP contribution in [0.3, 0.4) is 0 Å². The number of hydrogen-bond donors (Lipinski definition) is 0. The smallest absolute Gasteiger partial charge is 0.318 e. The fourth-order valence-corrected chi connectivity index (χ4v) is 3.96. The molecule has 0 amide bonds. The van der Waals surface area contributed by atoms with Crippen molar-refractivity contribution in [1.82, 2.24) is 34.3 Å². The SMILES string of the molecule is Cc1nc(C)n(-c2cc(C3CC3c3nc4ccccc4n3C)nc(OCCF)n2)n1. The van der Waals surface area contributed by atoms with E-state index in [9.17, 15) is 4.39 Å². The molecular formula is C21H22FN7O. The molecule has 0 bridgehead atoms. The van der Waals surface area contributed by atoms with Crippen molar-refractivity contribution in [2.24, 2.45) is 7.05 Å². The first-order valence-electron chi connectivity index (χ1n) is 9.95. The molecule has 0 aliphatic heterocycles. The van der Waals surface area contributed by atoms with Gasteiger partial charge in [-0.2, -0.15) is 14.6 Å². The monoisotopic (exact) mass is 407 g/mol. The Morgan fingerprint density at radius 1 is 1.10 bits per heavy atom. The van der Waals surface area contributed by atoms with Crippen LogP contribution in [-0.2, 0) is 7.05 Å². The quantitative estimate of drug-likeness (QED) is 0.488. The number of benzene rings is 1. The maximum Gasteiger partial charge on any atom is 0.318 e. The van der Waals surface area contributed by atoms with Gasteiger partial charge in [-0.1, -0.05) is 12.1 Å². The lowest BCUT2D eigenvalue weighted by Gasteiger charge is -2.09. The average molecular weight is 407 g/mol. The molecule has 8 nitrogen and oxygen atoms in total. The van der Waals surface area contributed by atoms with E-state index in [2.05, 4.69) is 30.7 Å². The summed E-state index contributed by atoms with van der Waals surface area (Å²) in [6, 6.07) is 10.2. The van der Waals surface area contributed by atoms with Crippen LogP contribution in [0.2, 0.25) is 0 Å². The van der Waals surface area contributed by atoms with Crippen molar-refractivity contribution in [1.29, 1.82) is 0 Å². The summed E-state index contributed by atoms with van der Waals surface area (Å²) in [5.74, 6) is 3.44. The van der Waals surface area contributed by atoms with Gasteiger partial charge < -0.3 is 9.30 Å². The lowest BCUT2D eigenvalue weighted by atomic mass is 10.2. The molecule has 9 heteroatoms. The van der Waals surface area contributed by atoms with Crippen LogP contribution in [0.25, 0.3) is 16.9 Å². The zero-order valence-corrected chi connectivity index (χ0v) is 17.1. The van der Waals surface area contributed by atoms with Crippen molar-refractivity contribution >= 4 is 11.0 Å². The van der Waals surface area contributed by atoms with E-state index in [1.54, 1.807) is 4.68 Å². The van der Waals surface area contributed by atoms with E-state index in [1.807, 2.05) is 45.2 Å². The second-order valence-corrected chi connectivity index (χ2v) is 7.56. The van der Waals surface area contributed by atoms with Gasteiger partial charge in [0.2, 0.25) is 0 Å². The molecule has 1 saturated carbocycles. The van der Waals surface area contributed by atoms with Gasteiger partial charge >= 0.3 is 6.01 Å². The van der Waals surface area contributed by atoms with E-state index in [-0.39, 0.29) is 24.5 Å². The zero-order valence-electron chi connectivity index (χ0n) is 17.1. The number of para-hydroxylation sites is 2. The largest absolute Gasteiger partial charge is 0.461 e. The summed E-state index contributed by atoms with van der Waals surface area (Å²) < 4.78 is 21.9. The van der Waals surface area contributed by atoms with Gasteiger partial charge in [-0.05, 0) is 32.4 Å². The van der Waals surface area contributed by atoms with Gasteiger partial charge in [-0.25, -0.2) is 14.4 Å². The fourth-order valence-electron chi connectivity index (χ4n) is 3.96. The molecule has 3 aromatic heterocycles. The summed E-state index contributed by atoms with van der Waals surface area (Å²) in [5, 5.41) is 4.41. The van der Waals surface area contributed by atoms with Crippen molar-refractivity contribution in [3.63, 3.8) is 0 Å². The first-order chi connectivity index (χ1) is 14.5. The fraction of sp³-hybridized carbons (Fsp3) is 0.381. The van der Waals surface area contributed by atoms with Crippen LogP contribution < -0.4 is 4.74 Å². The molecular weight excluding hydrogens is 385 g/mol. The van der Waals surface area contributed by atoms with Crippen LogP contribution >= 0.6 is 0 Å². The van der Waals surface area contributed by atoms with Crippen molar-refractivity contribution in [3.05, 3.63) is 53.5 Å². The second kappa shape index (κ2) is 7.16. The minimum atomic E-state index is -0.601. The molecule has 1 aliphatic carbocycles. The number of alkyl halides is 1. The maximum absolute atomic E-state index is 12.7. The summed E-state index contributed by atoms with van der Waals surface area (Å²) >= 11 is 0. The Kier molecular flexibility index (Phi) is 4.45. The highest BCUT2D eigenvalue weighted by molar-refractivity contribution is 5.76. The average Bonchev–Trinajstić information content (AvgIpc) is 3.37. The van der Waals surface area contributed by atoms with Crippen LogP contribution in [0.1, 0.15) is 41.4 Å². The predicted molar refractivity (Wildman–Crippen MR) is 109 cm³/mol. The molecule has 2 unspecified atom stereocenters. The van der Waals surface area contributed by atoms with Crippen LogP contribution in [0.15, 0.2) is 30.3 Å². The number of rotatable bonds is 6. The molecule has 154 valence electrons. The van der Waals surface area contributed by atoms with Gasteiger partial charge in [0.1, 0.15) is 30.8 Å². The minimum Gasteiger partial charge on any atom is -0.461 e. The molecule has 0 saturated heterocycles. The maximum atomic E-state index is 12.7. The van der Waals surface area contributed by atoms with E-state index in [0.717, 1.165) is 34.8 Å². The first kappa shape index (κ1) is 18.7. The Hall–Kier alpha value is -3.36. The highest BCUT2D eigenvalue weighted by atomic mass is 19.1. The minimum absolute atomic E-state index is 0.0862. The number of aryl methyl sites for hydroxylation is 3. The summed E-state index contributed by atoms with van der Waals surface area (Å²) in [6.45, 7) is 3.01. The summed E-state index contributed by atoms with van der Waals surface area (Å²) in [5.41, 5.74) is 2.95. The van der Waals surface area contributed by atoms with Crippen LogP contribution in [0.5, 0.6) is 6.01 Å². The Morgan fingerprint density at radius 3 is 2.67 bits per heavy atom. The molecule has 4 aromatic rings. The zero-order chi connectivity index (χ0) is 20.8. The van der Waals surface area contributed by atoms with Crippen molar-refractivity contribution in [2.45, 2.75) is 32.1 Å². The van der Waals surface area contributed by atoms with Gasteiger partial charge in [-0.3, -0.25) is 0 Å². The van der Waals surface area contributed by atoms with Crippen molar-refractivity contribution in [2.75, 3.05) is 13.3 Å². The molecule has 1 aromatic carbocycles. The Bertz CT molecular complexity index is 1230. The molecule has 2 atom stereocenters. The van der Waals surface area contributed by atoms with Gasteiger partial charge in [0.25, 0.3) is 0 Å². The number of fused-ring (bicyclic) bond motifs is 1. The van der Waals surface area contributed by atoms with Crippen molar-refractivity contribution in [3.8, 4) is 11.8 Å². The third-order valence-corrected chi connectivity index (χ3v) is 5.44. The molecule has 1 fully saturated rings. The summed E-state index contributed by atoms with van der Waals surface area (Å²) in [7, 11) is 2.04. The number of aromatic nitrogens is 7. The lowest BCUT2D eigenvalue weighted by molar-refractivity contribution is 0.253. The summed E-state index contributed by atoms with van der Waals surface area (Å²) in [6.07, 6.45) is 0.936. The van der Waals surface area contributed by atoms with E-state index in [0.29, 0.717) is 11.6 Å². The summed E-state index contributed by atoms with van der Waals surface area (Å²) in [4.78, 5) is 18.1. The standard InChI is InChI=1S/C21H22FN7O/c1-12-23-13(2)29(27-12)19-11-17(25-21(26-19)30-9-8-22)14-10-15(14)20-24-16-6-4-5-7-18(16)28(20)3/h4-7,11,14-15H,8-10H2,1-3H3. The normalized spacial score (nSPS) is 18.1. The van der Waals surface area contributed by atoms with Gasteiger partial charge in [0, 0.05) is 24.9 Å². The van der Waals surface area contributed by atoms with E-state index >= 15 is 0 Å². The topological polar surface area (TPSA) is 83.5 Å². The number of ether oxygens (including phenoxy) is 1. The first-order valence-corrected chi connectivity index (χ1v) is 9.95. The van der Waals surface area contributed by atoms with Crippen LogP contribution in [0, 0.1) is 13.8 Å². The van der Waals surface area contributed by atoms with E-state index in [4.69, 9.17) is 9.72 Å². The second-order valence-electron chi connectivity index (χ2n) is 7.56. The third-order valence-electron chi connectivity index (χ3n) is 5.44. The highest BCUT2D eigenvalue weighted by Gasteiger charge is 2.44. The Morgan fingerprint density at radius 2 is 1.93 bits per heavy atom. The van der Waals surface area contributed by atoms with Gasteiger partial charge in [-0.15, -0.1) is 5.10 Å². The van der Waals surface area contributed by atoms with E-state index < -0.39 is 6.67 Å². The third kappa shape index (κ3) is 3.20. The number of hydrogen-bond acceptors (Lipinski definition) is 6. The number of imidazole rings is 1. The molecule has 5 rings (SSSR count). The predicted octanol–water partition coefficient (Wildman–Crippen LogP) is 3.18. The van der Waals surface area contributed by atoms with Gasteiger partial charge in [0.05, 0.1) is 16.7 Å². The number of nitrogens with zero attached hydrogens (tertiary/aromatic N) is 7. The van der Waals surface area contributed by atoms with E-state index in [1.165, 1.54) is 0 Å². The number of halogens is 1. The molecule has 3 heterocycles. The molecule has 0 N–H and O–H groups in total. The Balaban J connectivity index is 1.51. The molecule has 30 heavy (non-hydrogen) atoms. The van der Waals surface area contributed by atoms with Gasteiger partial charge in [0.15, 0.2) is 5.82 Å². The van der Waals surface area contributed by atoms with Crippen molar-refractivity contribution < 1.29 is 9.13 Å². The van der Waals surface area contributed by atoms with Crippen LogP contribution in [-0.4, -0.2) is 47.6 Å². The van der Waals surface area contributed by atoms with Crippen LogP contribution in [0.4, 0.5) is 4.39 Å². The molecule has 0 spiro atoms. The molecule has 1 aliphatic rings. The highest BCUT2D eigenvalue weighted by Crippen LogP contribution is 2.54. The molecule has 0 radical (unpaired) electrons. The Labute approximate surface area is 172 Å². The lowest BCUT2D eigenvalue weighted by Crippen LogP contribution is -2.09.